The van der Waals surface area contributed by atoms with Gasteiger partial charge in [-0.3, -0.25) is 4.98 Å². The van der Waals surface area contributed by atoms with Crippen molar-refractivity contribution in [3.63, 3.8) is 0 Å². The summed E-state index contributed by atoms with van der Waals surface area (Å²) >= 11 is 0. The van der Waals surface area contributed by atoms with Crippen molar-refractivity contribution in [3.8, 4) is 5.75 Å². The number of nitrogens with one attached hydrogen (secondary N) is 1. The number of ether oxygens (including phenoxy) is 3. The van der Waals surface area contributed by atoms with Crippen molar-refractivity contribution in [2.45, 2.75) is 38.8 Å². The highest BCUT2D eigenvalue weighted by Crippen LogP contribution is 2.22. The molecular weight excluding hydrogens is 268 g/mol. The molecule has 2 rings (SSSR count). The Kier molecular flexibility index (Phi) is 6.92. The number of hydrogen-bond acceptors (Lipinski definition) is 5. The highest BCUT2D eigenvalue weighted by Gasteiger charge is 2.21. The van der Waals surface area contributed by atoms with E-state index in [2.05, 4.69) is 10.3 Å². The number of hydrogen-bond donors (Lipinski definition) is 1. The second kappa shape index (κ2) is 8.97. The van der Waals surface area contributed by atoms with Crippen molar-refractivity contribution in [2.24, 2.45) is 0 Å². The summed E-state index contributed by atoms with van der Waals surface area (Å²) in [6.07, 6.45) is 3.47. The molecule has 1 aromatic rings. The number of methoxy groups -OCH3 is 1. The van der Waals surface area contributed by atoms with Crippen LogP contribution in [-0.2, 0) is 16.0 Å². The maximum absolute atomic E-state index is 5.79. The van der Waals surface area contributed by atoms with E-state index in [9.17, 15) is 0 Å². The van der Waals surface area contributed by atoms with E-state index in [-0.39, 0.29) is 0 Å². The fourth-order valence-corrected chi connectivity index (χ4v) is 2.00. The quantitative estimate of drug-likeness (QED) is 0.633. The van der Waals surface area contributed by atoms with Crippen LogP contribution in [0, 0.1) is 6.92 Å². The maximum atomic E-state index is 5.79. The van der Waals surface area contributed by atoms with E-state index in [0.717, 1.165) is 36.7 Å². The summed E-state index contributed by atoms with van der Waals surface area (Å²) in [5, 5.41) is 3.48. The van der Waals surface area contributed by atoms with Crippen LogP contribution in [0.25, 0.3) is 0 Å². The normalized spacial score (nSPS) is 14.4. The predicted molar refractivity (Wildman–Crippen MR) is 81.6 cm³/mol. The number of rotatable bonds is 11. The minimum absolute atomic E-state index is 0.550. The molecule has 0 aromatic carbocycles. The Hall–Kier alpha value is -1.17. The molecule has 1 fully saturated rings. The average Bonchev–Trinajstić information content (AvgIpc) is 3.30. The molecule has 1 aliphatic rings. The Morgan fingerprint density at radius 1 is 1.19 bits per heavy atom. The van der Waals surface area contributed by atoms with Gasteiger partial charge in [0.2, 0.25) is 0 Å². The summed E-state index contributed by atoms with van der Waals surface area (Å²) in [6.45, 7) is 5.36. The van der Waals surface area contributed by atoms with Gasteiger partial charge in [0.05, 0.1) is 12.3 Å². The minimum atomic E-state index is 0.550. The molecule has 5 nitrogen and oxygen atoms in total. The van der Waals surface area contributed by atoms with Crippen LogP contribution in [0.15, 0.2) is 12.1 Å². The monoisotopic (exact) mass is 294 g/mol. The van der Waals surface area contributed by atoms with Crippen molar-refractivity contribution in [3.05, 3.63) is 23.5 Å². The van der Waals surface area contributed by atoms with Crippen LogP contribution in [0.4, 0.5) is 0 Å². The average molecular weight is 294 g/mol. The first kappa shape index (κ1) is 16.2. The minimum Gasteiger partial charge on any atom is -0.489 e. The van der Waals surface area contributed by atoms with Crippen LogP contribution in [-0.4, -0.2) is 44.6 Å². The van der Waals surface area contributed by atoms with E-state index in [1.54, 1.807) is 7.11 Å². The van der Waals surface area contributed by atoms with Crippen molar-refractivity contribution in [1.29, 1.82) is 0 Å². The van der Waals surface area contributed by atoms with Crippen molar-refractivity contribution in [2.75, 3.05) is 33.5 Å². The molecule has 21 heavy (non-hydrogen) atoms. The molecule has 1 heterocycles. The van der Waals surface area contributed by atoms with E-state index in [1.165, 1.54) is 12.8 Å². The van der Waals surface area contributed by atoms with Crippen molar-refractivity contribution in [1.82, 2.24) is 10.3 Å². The van der Waals surface area contributed by atoms with Crippen LogP contribution in [0.2, 0.25) is 0 Å². The summed E-state index contributed by atoms with van der Waals surface area (Å²) in [6, 6.07) is 4.65. The van der Waals surface area contributed by atoms with E-state index < -0.39 is 0 Å². The fourth-order valence-electron chi connectivity index (χ4n) is 2.00. The Morgan fingerprint density at radius 2 is 2.05 bits per heavy atom. The molecule has 0 unspecified atom stereocenters. The topological polar surface area (TPSA) is 52.6 Å². The first-order valence-corrected chi connectivity index (χ1v) is 7.69. The lowest BCUT2D eigenvalue weighted by Gasteiger charge is -2.12. The molecule has 118 valence electrons. The molecular formula is C16H26N2O3. The van der Waals surface area contributed by atoms with Gasteiger partial charge in [0.15, 0.2) is 0 Å². The molecule has 0 bridgehead atoms. The Morgan fingerprint density at radius 3 is 2.81 bits per heavy atom. The lowest BCUT2D eigenvalue weighted by Crippen LogP contribution is -2.18. The van der Waals surface area contributed by atoms with E-state index in [4.69, 9.17) is 14.2 Å². The van der Waals surface area contributed by atoms with Crippen LogP contribution in [0.5, 0.6) is 5.75 Å². The second-order valence-electron chi connectivity index (χ2n) is 5.36. The first-order valence-electron chi connectivity index (χ1n) is 7.69. The third-order valence-electron chi connectivity index (χ3n) is 3.33. The van der Waals surface area contributed by atoms with Crippen molar-refractivity contribution < 1.29 is 14.2 Å². The second-order valence-corrected chi connectivity index (χ2v) is 5.36. The zero-order valence-electron chi connectivity index (χ0n) is 13.1. The summed E-state index contributed by atoms with van der Waals surface area (Å²) in [5.41, 5.74) is 2.01. The van der Waals surface area contributed by atoms with Gasteiger partial charge in [0, 0.05) is 38.6 Å². The van der Waals surface area contributed by atoms with Gasteiger partial charge in [-0.05, 0) is 38.3 Å². The first-order chi connectivity index (χ1) is 10.3. The standard InChI is InChI=1S/C16H26N2O3/c1-13-4-7-16(15(18-13)12-17-14-5-6-14)21-11-10-20-9-3-8-19-2/h4,7,14,17H,3,5-6,8-12H2,1-2H3. The van der Waals surface area contributed by atoms with Crippen LogP contribution >= 0.6 is 0 Å². The number of aromatic nitrogens is 1. The van der Waals surface area contributed by atoms with E-state index in [1.807, 2.05) is 19.1 Å². The molecule has 1 saturated carbocycles. The van der Waals surface area contributed by atoms with Gasteiger partial charge in [0.1, 0.15) is 12.4 Å². The smallest absolute Gasteiger partial charge is 0.142 e. The van der Waals surface area contributed by atoms with Gasteiger partial charge in [0.25, 0.3) is 0 Å². The number of aryl methyl sites for hydroxylation is 1. The predicted octanol–water partition coefficient (Wildman–Crippen LogP) is 2.07. The Labute approximate surface area is 127 Å². The number of pyridine rings is 1. The lowest BCUT2D eigenvalue weighted by molar-refractivity contribution is 0.0803. The van der Waals surface area contributed by atoms with Gasteiger partial charge in [-0.1, -0.05) is 0 Å². The molecule has 0 atom stereocenters. The summed E-state index contributed by atoms with van der Waals surface area (Å²) in [4.78, 5) is 4.57. The maximum Gasteiger partial charge on any atom is 0.142 e. The molecule has 5 heteroatoms. The lowest BCUT2D eigenvalue weighted by atomic mass is 10.3. The van der Waals surface area contributed by atoms with Gasteiger partial charge in [-0.25, -0.2) is 0 Å². The zero-order valence-corrected chi connectivity index (χ0v) is 13.1. The summed E-state index contributed by atoms with van der Waals surface area (Å²) in [5.74, 6) is 0.856. The van der Waals surface area contributed by atoms with E-state index >= 15 is 0 Å². The third kappa shape index (κ3) is 6.42. The molecule has 1 aliphatic carbocycles. The largest absolute Gasteiger partial charge is 0.489 e. The van der Waals surface area contributed by atoms with Crippen molar-refractivity contribution >= 4 is 0 Å². The zero-order chi connectivity index (χ0) is 14.9. The van der Waals surface area contributed by atoms with Gasteiger partial charge < -0.3 is 19.5 Å². The SMILES string of the molecule is COCCCOCCOc1ccc(C)nc1CNC1CC1. The molecule has 0 aliphatic heterocycles. The molecule has 0 amide bonds. The Bertz CT molecular complexity index is 422. The molecule has 0 spiro atoms. The third-order valence-corrected chi connectivity index (χ3v) is 3.33. The van der Waals surface area contributed by atoms with Crippen LogP contribution in [0.3, 0.4) is 0 Å². The van der Waals surface area contributed by atoms with Gasteiger partial charge in [-0.15, -0.1) is 0 Å². The summed E-state index contributed by atoms with van der Waals surface area (Å²) in [7, 11) is 1.70. The highest BCUT2D eigenvalue weighted by molar-refractivity contribution is 5.29. The molecule has 1 aromatic heterocycles. The van der Waals surface area contributed by atoms with Crippen LogP contribution < -0.4 is 10.1 Å². The Balaban J connectivity index is 1.70. The van der Waals surface area contributed by atoms with Gasteiger partial charge >= 0.3 is 0 Å². The van der Waals surface area contributed by atoms with Crippen LogP contribution in [0.1, 0.15) is 30.7 Å². The van der Waals surface area contributed by atoms with Gasteiger partial charge in [-0.2, -0.15) is 0 Å². The molecule has 0 saturated heterocycles. The highest BCUT2D eigenvalue weighted by atomic mass is 16.5. The molecule has 0 radical (unpaired) electrons. The fraction of sp³-hybridized carbons (Fsp3) is 0.688. The molecule has 1 N–H and O–H groups in total. The number of nitrogens with zero attached hydrogens (tertiary/aromatic N) is 1. The van der Waals surface area contributed by atoms with E-state index in [0.29, 0.717) is 25.9 Å². The summed E-state index contributed by atoms with van der Waals surface area (Å²) < 4.78 is 16.3.